The second-order valence-corrected chi connectivity index (χ2v) is 7.35. The van der Waals surface area contributed by atoms with Crippen molar-refractivity contribution in [3.8, 4) is 5.75 Å². The average molecular weight is 335 g/mol. The van der Waals surface area contributed by atoms with Crippen molar-refractivity contribution < 1.29 is 9.53 Å². The summed E-state index contributed by atoms with van der Waals surface area (Å²) in [5.74, 6) is 1.04. The van der Waals surface area contributed by atoms with Crippen LogP contribution in [0.4, 0.5) is 0 Å². The number of rotatable bonds is 2. The molecule has 1 atom stereocenters. The molecule has 2 aliphatic heterocycles. The van der Waals surface area contributed by atoms with Crippen molar-refractivity contribution in [2.45, 2.75) is 31.7 Å². The molecule has 1 aliphatic carbocycles. The third-order valence-corrected chi connectivity index (χ3v) is 5.42. The van der Waals surface area contributed by atoms with Crippen LogP contribution in [0.5, 0.6) is 5.75 Å². The molecule has 2 heterocycles. The molecule has 0 spiro atoms. The van der Waals surface area contributed by atoms with Crippen LogP contribution < -0.4 is 4.74 Å². The summed E-state index contributed by atoms with van der Waals surface area (Å²) < 4.78 is 5.79. The lowest BCUT2D eigenvalue weighted by Gasteiger charge is -2.30. The molecule has 1 saturated heterocycles. The number of nitrogens with zero attached hydrogens (tertiary/aromatic N) is 2. The highest BCUT2D eigenvalue weighted by atomic mass is 35.5. The monoisotopic (exact) mass is 334 g/mol. The van der Waals surface area contributed by atoms with E-state index in [2.05, 4.69) is 4.90 Å². The first-order valence-corrected chi connectivity index (χ1v) is 9.02. The first-order chi connectivity index (χ1) is 11.2. The largest absolute Gasteiger partial charge is 0.492 e. The fraction of sp³-hybridized carbons (Fsp3) is 0.611. The Morgan fingerprint density at radius 1 is 1.17 bits per heavy atom. The first kappa shape index (κ1) is 15.3. The maximum absolute atomic E-state index is 12.9. The number of fused-ring (bicyclic) bond motifs is 1. The van der Waals surface area contributed by atoms with E-state index in [9.17, 15) is 4.79 Å². The second-order valence-electron chi connectivity index (χ2n) is 6.91. The lowest BCUT2D eigenvalue weighted by molar-refractivity contribution is -0.136. The zero-order chi connectivity index (χ0) is 15.8. The van der Waals surface area contributed by atoms with E-state index in [-0.39, 0.29) is 11.8 Å². The van der Waals surface area contributed by atoms with Gasteiger partial charge >= 0.3 is 0 Å². The minimum absolute atomic E-state index is 0.0755. The minimum atomic E-state index is -0.0755. The number of benzene rings is 1. The van der Waals surface area contributed by atoms with Crippen molar-refractivity contribution in [3.63, 3.8) is 0 Å². The van der Waals surface area contributed by atoms with Crippen molar-refractivity contribution in [2.75, 3.05) is 32.8 Å². The van der Waals surface area contributed by atoms with Gasteiger partial charge in [-0.25, -0.2) is 0 Å². The molecule has 1 aromatic rings. The van der Waals surface area contributed by atoms with Gasteiger partial charge in [0.1, 0.15) is 12.4 Å². The maximum Gasteiger partial charge on any atom is 0.229 e. The topological polar surface area (TPSA) is 32.8 Å². The quantitative estimate of drug-likeness (QED) is 0.833. The Morgan fingerprint density at radius 3 is 2.87 bits per heavy atom. The van der Waals surface area contributed by atoms with Gasteiger partial charge in [-0.15, -0.1) is 0 Å². The molecule has 2 fully saturated rings. The summed E-state index contributed by atoms with van der Waals surface area (Å²) in [6, 6.07) is 6.45. The highest BCUT2D eigenvalue weighted by molar-refractivity contribution is 6.30. The Morgan fingerprint density at radius 2 is 2.04 bits per heavy atom. The molecule has 1 saturated carbocycles. The summed E-state index contributed by atoms with van der Waals surface area (Å²) in [6.07, 6.45) is 4.49. The van der Waals surface area contributed by atoms with Gasteiger partial charge in [-0.2, -0.15) is 0 Å². The molecule has 4 rings (SSSR count). The predicted octanol–water partition coefficient (Wildman–Crippen LogP) is 2.59. The Bertz CT molecular complexity index is 603. The maximum atomic E-state index is 12.9. The summed E-state index contributed by atoms with van der Waals surface area (Å²) in [5, 5.41) is 0.704. The van der Waals surface area contributed by atoms with Gasteiger partial charge in [-0.3, -0.25) is 9.69 Å². The summed E-state index contributed by atoms with van der Waals surface area (Å²) in [7, 11) is 0. The van der Waals surface area contributed by atoms with E-state index in [1.165, 1.54) is 12.8 Å². The average Bonchev–Trinajstić information content (AvgIpc) is 3.39. The summed E-state index contributed by atoms with van der Waals surface area (Å²) in [4.78, 5) is 17.5. The lowest BCUT2D eigenvalue weighted by atomic mass is 9.95. The van der Waals surface area contributed by atoms with E-state index in [0.29, 0.717) is 11.6 Å². The van der Waals surface area contributed by atoms with E-state index < -0.39 is 0 Å². The van der Waals surface area contributed by atoms with E-state index in [1.807, 2.05) is 23.1 Å². The molecular weight excluding hydrogens is 312 g/mol. The van der Waals surface area contributed by atoms with Crippen molar-refractivity contribution in [1.29, 1.82) is 0 Å². The van der Waals surface area contributed by atoms with Gasteiger partial charge in [0.25, 0.3) is 0 Å². The van der Waals surface area contributed by atoms with Crippen molar-refractivity contribution >= 4 is 17.5 Å². The van der Waals surface area contributed by atoms with Crippen molar-refractivity contribution in [2.24, 2.45) is 5.92 Å². The number of hydrogen-bond acceptors (Lipinski definition) is 3. The van der Waals surface area contributed by atoms with Gasteiger partial charge in [-0.05, 0) is 49.4 Å². The van der Waals surface area contributed by atoms with Gasteiger partial charge in [0.2, 0.25) is 5.91 Å². The van der Waals surface area contributed by atoms with Gasteiger partial charge in [-0.1, -0.05) is 11.6 Å². The van der Waals surface area contributed by atoms with Crippen LogP contribution in [0, 0.1) is 5.92 Å². The van der Waals surface area contributed by atoms with Crippen LogP contribution in [0.25, 0.3) is 0 Å². The lowest BCUT2D eigenvalue weighted by Crippen LogP contribution is -2.42. The zero-order valence-electron chi connectivity index (χ0n) is 13.3. The zero-order valence-corrected chi connectivity index (χ0v) is 14.1. The van der Waals surface area contributed by atoms with E-state index >= 15 is 0 Å². The molecule has 1 aromatic carbocycles. The number of ether oxygens (including phenoxy) is 1. The highest BCUT2D eigenvalue weighted by Crippen LogP contribution is 2.31. The van der Waals surface area contributed by atoms with Gasteiger partial charge in [0, 0.05) is 37.2 Å². The second kappa shape index (κ2) is 6.33. The fourth-order valence-corrected chi connectivity index (χ4v) is 3.94. The number of amides is 1. The molecule has 4 nitrogen and oxygen atoms in total. The van der Waals surface area contributed by atoms with E-state index in [1.54, 1.807) is 0 Å². The van der Waals surface area contributed by atoms with Crippen LogP contribution in [-0.4, -0.2) is 54.5 Å². The molecule has 0 unspecified atom stereocenters. The summed E-state index contributed by atoms with van der Waals surface area (Å²) in [6.45, 7) is 4.37. The fourth-order valence-electron chi connectivity index (χ4n) is 3.74. The molecule has 124 valence electrons. The number of hydrogen-bond donors (Lipinski definition) is 0. The normalized spacial score (nSPS) is 25.4. The van der Waals surface area contributed by atoms with Crippen molar-refractivity contribution in [1.82, 2.24) is 9.80 Å². The van der Waals surface area contributed by atoms with Crippen LogP contribution >= 0.6 is 11.6 Å². The van der Waals surface area contributed by atoms with Gasteiger partial charge in [0.15, 0.2) is 0 Å². The first-order valence-electron chi connectivity index (χ1n) is 8.65. The van der Waals surface area contributed by atoms with Gasteiger partial charge < -0.3 is 9.64 Å². The molecule has 0 radical (unpaired) electrons. The summed E-state index contributed by atoms with van der Waals surface area (Å²) in [5.41, 5.74) is 1.05. The summed E-state index contributed by atoms with van der Waals surface area (Å²) >= 11 is 6.07. The molecule has 23 heavy (non-hydrogen) atoms. The Labute approximate surface area is 142 Å². The number of carbonyl (C=O) groups excluding carboxylic acids is 1. The molecule has 3 aliphatic rings. The van der Waals surface area contributed by atoms with Crippen molar-refractivity contribution in [3.05, 3.63) is 28.8 Å². The number of carbonyl (C=O) groups is 1. The number of halogens is 1. The minimum Gasteiger partial charge on any atom is -0.492 e. The van der Waals surface area contributed by atoms with Crippen LogP contribution in [0.2, 0.25) is 5.02 Å². The standard InChI is InChI=1S/C18H23ClN2O2/c19-15-2-5-17-13(11-15)10-14(12-23-17)18(22)21-7-1-6-20(8-9-21)16-3-4-16/h2,5,11,14,16H,1,3-4,6-10,12H2/t14-/m0/s1. The molecule has 0 aromatic heterocycles. The third-order valence-electron chi connectivity index (χ3n) is 5.18. The Hall–Kier alpha value is -1.26. The highest BCUT2D eigenvalue weighted by Gasteiger charge is 2.33. The van der Waals surface area contributed by atoms with Crippen LogP contribution in [0.1, 0.15) is 24.8 Å². The Kier molecular flexibility index (Phi) is 4.20. The van der Waals surface area contributed by atoms with E-state index in [4.69, 9.17) is 16.3 Å². The molecule has 0 N–H and O–H groups in total. The van der Waals surface area contributed by atoms with Gasteiger partial charge in [0.05, 0.1) is 5.92 Å². The SMILES string of the molecule is O=C([C@@H]1COc2ccc(Cl)cc2C1)N1CCCN(C2CC2)CC1. The Balaban J connectivity index is 1.41. The molecule has 5 heteroatoms. The molecule has 0 bridgehead atoms. The smallest absolute Gasteiger partial charge is 0.229 e. The molecular formula is C18H23ClN2O2. The third kappa shape index (κ3) is 3.33. The van der Waals surface area contributed by atoms with E-state index in [0.717, 1.165) is 56.4 Å². The predicted molar refractivity (Wildman–Crippen MR) is 89.9 cm³/mol. The van der Waals surface area contributed by atoms with Crippen LogP contribution in [0.3, 0.4) is 0 Å². The van der Waals surface area contributed by atoms with Crippen LogP contribution in [0.15, 0.2) is 18.2 Å². The van der Waals surface area contributed by atoms with Crippen LogP contribution in [-0.2, 0) is 11.2 Å². The molecule has 1 amide bonds.